The van der Waals surface area contributed by atoms with Crippen molar-refractivity contribution in [3.63, 3.8) is 0 Å². The van der Waals surface area contributed by atoms with Crippen molar-refractivity contribution in [2.24, 2.45) is 0 Å². The molecule has 0 fully saturated rings. The highest BCUT2D eigenvalue weighted by Gasteiger charge is 2.24. The van der Waals surface area contributed by atoms with Crippen LogP contribution in [-0.2, 0) is 16.4 Å². The van der Waals surface area contributed by atoms with Gasteiger partial charge in [0.15, 0.2) is 15.0 Å². The number of sulfone groups is 1. The summed E-state index contributed by atoms with van der Waals surface area (Å²) >= 11 is 7.60. The van der Waals surface area contributed by atoms with Gasteiger partial charge in [-0.05, 0) is 55.0 Å². The lowest BCUT2D eigenvalue weighted by atomic mass is 10.2. The van der Waals surface area contributed by atoms with Gasteiger partial charge in [-0.25, -0.2) is 13.4 Å². The number of nitrogens with zero attached hydrogens (tertiary/aromatic N) is 2. The predicted molar refractivity (Wildman–Crippen MR) is 123 cm³/mol. The first-order chi connectivity index (χ1) is 14.8. The number of halogens is 1. The van der Waals surface area contributed by atoms with Crippen molar-refractivity contribution in [1.82, 2.24) is 4.98 Å². The van der Waals surface area contributed by atoms with Crippen LogP contribution in [0.15, 0.2) is 64.1 Å². The number of carbonyl (C=O) groups is 1. The van der Waals surface area contributed by atoms with Crippen molar-refractivity contribution >= 4 is 54.0 Å². The van der Waals surface area contributed by atoms with E-state index in [1.807, 2.05) is 13.0 Å². The fourth-order valence-electron chi connectivity index (χ4n) is 3.13. The number of aryl methyl sites for hydroxylation is 1. The van der Waals surface area contributed by atoms with Crippen molar-refractivity contribution in [2.45, 2.75) is 25.3 Å². The maximum atomic E-state index is 13.5. The summed E-state index contributed by atoms with van der Waals surface area (Å²) in [6.45, 7) is 3.61. The zero-order valence-electron chi connectivity index (χ0n) is 16.8. The van der Waals surface area contributed by atoms with Crippen molar-refractivity contribution in [2.75, 3.05) is 10.7 Å². The summed E-state index contributed by atoms with van der Waals surface area (Å²) in [7, 11) is -3.44. The molecule has 9 heteroatoms. The predicted octanol–water partition coefficient (Wildman–Crippen LogP) is 5.49. The lowest BCUT2D eigenvalue weighted by Crippen LogP contribution is -2.30. The van der Waals surface area contributed by atoms with Gasteiger partial charge in [-0.2, -0.15) is 0 Å². The number of fused-ring (bicyclic) bond motifs is 1. The van der Waals surface area contributed by atoms with Crippen molar-refractivity contribution < 1.29 is 17.6 Å². The molecule has 6 nitrogen and oxygen atoms in total. The molecule has 0 bridgehead atoms. The summed E-state index contributed by atoms with van der Waals surface area (Å²) in [5.41, 5.74) is 1.82. The molecule has 0 aliphatic heterocycles. The fourth-order valence-corrected chi connectivity index (χ4v) is 5.24. The zero-order chi connectivity index (χ0) is 22.2. The minimum absolute atomic E-state index is 0.0430. The van der Waals surface area contributed by atoms with Crippen LogP contribution in [0.1, 0.15) is 28.6 Å². The maximum Gasteiger partial charge on any atom is 0.260 e. The number of rotatable bonds is 6. The Hall–Kier alpha value is -2.68. The van der Waals surface area contributed by atoms with E-state index < -0.39 is 9.84 Å². The molecular weight excluding hydrogens is 456 g/mol. The van der Waals surface area contributed by atoms with E-state index >= 15 is 0 Å². The molecule has 31 heavy (non-hydrogen) atoms. The fraction of sp³-hybridized carbons (Fsp3) is 0.182. The molecular formula is C22H19ClN2O4S2. The Kier molecular flexibility index (Phi) is 5.88. The molecule has 0 aliphatic rings. The molecule has 0 unspecified atom stereocenters. The van der Waals surface area contributed by atoms with Crippen molar-refractivity contribution in [3.05, 3.63) is 76.7 Å². The van der Waals surface area contributed by atoms with Gasteiger partial charge in [-0.3, -0.25) is 9.69 Å². The third kappa shape index (κ3) is 4.23. The Morgan fingerprint density at radius 2 is 2.00 bits per heavy atom. The van der Waals surface area contributed by atoms with E-state index in [1.54, 1.807) is 37.3 Å². The second-order valence-electron chi connectivity index (χ2n) is 6.92. The number of aromatic nitrogens is 1. The summed E-state index contributed by atoms with van der Waals surface area (Å²) < 4.78 is 30.9. The number of furan rings is 1. The molecule has 0 saturated carbocycles. The van der Waals surface area contributed by atoms with E-state index in [0.29, 0.717) is 15.9 Å². The number of thiazole rings is 1. The van der Waals surface area contributed by atoms with Crippen LogP contribution in [0.25, 0.3) is 10.2 Å². The molecule has 2 aromatic carbocycles. The minimum Gasteiger partial charge on any atom is -0.467 e. The third-order valence-electron chi connectivity index (χ3n) is 4.93. The van der Waals surface area contributed by atoms with E-state index in [1.165, 1.54) is 34.6 Å². The number of anilines is 1. The third-order valence-corrected chi connectivity index (χ3v) is 8.11. The van der Waals surface area contributed by atoms with Crippen LogP contribution < -0.4 is 4.90 Å². The summed E-state index contributed by atoms with van der Waals surface area (Å²) in [5.74, 6) is 0.172. The average molecular weight is 475 g/mol. The van der Waals surface area contributed by atoms with Crippen LogP contribution >= 0.6 is 22.9 Å². The van der Waals surface area contributed by atoms with E-state index in [9.17, 15) is 13.2 Å². The first kappa shape index (κ1) is 21.5. The van der Waals surface area contributed by atoms with Crippen LogP contribution in [0, 0.1) is 6.92 Å². The van der Waals surface area contributed by atoms with Gasteiger partial charge in [0.25, 0.3) is 5.91 Å². The van der Waals surface area contributed by atoms with Crippen LogP contribution in [0.5, 0.6) is 0 Å². The number of amides is 1. The Labute approximate surface area is 189 Å². The normalized spacial score (nSPS) is 11.7. The van der Waals surface area contributed by atoms with Crippen LogP contribution in [0.3, 0.4) is 0 Å². The molecule has 0 aliphatic carbocycles. The lowest BCUT2D eigenvalue weighted by Gasteiger charge is -2.19. The van der Waals surface area contributed by atoms with Gasteiger partial charge in [0.1, 0.15) is 5.76 Å². The summed E-state index contributed by atoms with van der Waals surface area (Å²) in [6.07, 6.45) is 1.54. The van der Waals surface area contributed by atoms with E-state index in [2.05, 4.69) is 4.98 Å². The lowest BCUT2D eigenvalue weighted by molar-refractivity contribution is 0.0983. The SMILES string of the molecule is CCS(=O)(=O)c1cccc(C(=O)N(Cc2ccco2)c2nc3c(C)c(Cl)ccc3s2)c1. The van der Waals surface area contributed by atoms with Gasteiger partial charge in [0.2, 0.25) is 0 Å². The molecule has 4 rings (SSSR count). The maximum absolute atomic E-state index is 13.5. The topological polar surface area (TPSA) is 80.5 Å². The van der Waals surface area contributed by atoms with Gasteiger partial charge in [0, 0.05) is 10.6 Å². The number of benzene rings is 2. The Bertz CT molecular complexity index is 1360. The van der Waals surface area contributed by atoms with E-state index in [-0.39, 0.29) is 28.7 Å². The molecule has 2 aromatic heterocycles. The smallest absolute Gasteiger partial charge is 0.260 e. The minimum atomic E-state index is -3.44. The Morgan fingerprint density at radius 1 is 1.19 bits per heavy atom. The highest BCUT2D eigenvalue weighted by molar-refractivity contribution is 7.91. The quantitative estimate of drug-likeness (QED) is 0.369. The number of hydrogen-bond donors (Lipinski definition) is 0. The first-order valence-electron chi connectivity index (χ1n) is 9.53. The van der Waals surface area contributed by atoms with Crippen LogP contribution in [-0.4, -0.2) is 25.1 Å². The second kappa shape index (κ2) is 8.45. The number of hydrogen-bond acceptors (Lipinski definition) is 6. The summed E-state index contributed by atoms with van der Waals surface area (Å²) in [6, 6.07) is 13.3. The molecule has 2 heterocycles. The average Bonchev–Trinajstić information content (AvgIpc) is 3.44. The van der Waals surface area contributed by atoms with Crippen LogP contribution in [0.2, 0.25) is 5.02 Å². The first-order valence-corrected chi connectivity index (χ1v) is 12.4. The molecule has 0 atom stereocenters. The molecule has 0 N–H and O–H groups in total. The molecule has 4 aromatic rings. The highest BCUT2D eigenvalue weighted by atomic mass is 35.5. The number of carbonyl (C=O) groups excluding carboxylic acids is 1. The van der Waals surface area contributed by atoms with Gasteiger partial charge < -0.3 is 4.42 Å². The van der Waals surface area contributed by atoms with Crippen molar-refractivity contribution in [1.29, 1.82) is 0 Å². The molecule has 1 amide bonds. The van der Waals surface area contributed by atoms with Gasteiger partial charge in [-0.15, -0.1) is 0 Å². The molecule has 0 spiro atoms. The summed E-state index contributed by atoms with van der Waals surface area (Å²) in [4.78, 5) is 19.8. The highest BCUT2D eigenvalue weighted by Crippen LogP contribution is 2.35. The van der Waals surface area contributed by atoms with Gasteiger partial charge >= 0.3 is 0 Å². The summed E-state index contributed by atoms with van der Waals surface area (Å²) in [5, 5.41) is 1.08. The molecule has 0 radical (unpaired) electrons. The van der Waals surface area contributed by atoms with Gasteiger partial charge in [0.05, 0.1) is 33.7 Å². The molecule has 0 saturated heterocycles. The monoisotopic (exact) mass is 474 g/mol. The van der Waals surface area contributed by atoms with E-state index in [0.717, 1.165) is 15.8 Å². The van der Waals surface area contributed by atoms with E-state index in [4.69, 9.17) is 16.0 Å². The standard InChI is InChI=1S/C22H19ClN2O4S2/c1-3-31(27,28)17-8-4-6-15(12-17)21(26)25(13-16-7-5-11-29-16)22-24-20-14(2)18(23)9-10-19(20)30-22/h4-12H,3,13H2,1-2H3. The zero-order valence-corrected chi connectivity index (χ0v) is 19.2. The van der Waals surface area contributed by atoms with Crippen LogP contribution in [0.4, 0.5) is 5.13 Å². The Balaban J connectivity index is 1.80. The van der Waals surface area contributed by atoms with Crippen molar-refractivity contribution in [3.8, 4) is 0 Å². The second-order valence-corrected chi connectivity index (χ2v) is 10.6. The largest absolute Gasteiger partial charge is 0.467 e. The Morgan fingerprint density at radius 3 is 2.71 bits per heavy atom. The molecule has 160 valence electrons. The van der Waals surface area contributed by atoms with Gasteiger partial charge in [-0.1, -0.05) is 35.9 Å².